The highest BCUT2D eigenvalue weighted by Crippen LogP contribution is 2.38. The third kappa shape index (κ3) is 5.58. The smallest absolute Gasteiger partial charge is 0.372 e. The van der Waals surface area contributed by atoms with Crippen LogP contribution in [0.2, 0.25) is 0 Å². The summed E-state index contributed by atoms with van der Waals surface area (Å²) in [6.07, 6.45) is -9.45. The molecule has 0 amide bonds. The normalized spacial score (nSPS) is 23.5. The minimum absolute atomic E-state index is 0.0351. The number of halogens is 6. The van der Waals surface area contributed by atoms with Gasteiger partial charge in [0.1, 0.15) is 0 Å². The summed E-state index contributed by atoms with van der Waals surface area (Å²) in [5.74, 6) is 0. The maximum atomic E-state index is 13.2. The first kappa shape index (κ1) is 23.6. The lowest BCUT2D eigenvalue weighted by atomic mass is 9.81. The highest BCUT2D eigenvalue weighted by Gasteiger charge is 2.39. The van der Waals surface area contributed by atoms with Crippen molar-refractivity contribution in [2.24, 2.45) is 5.73 Å². The van der Waals surface area contributed by atoms with Crippen LogP contribution in [0.1, 0.15) is 48.1 Å². The van der Waals surface area contributed by atoms with Gasteiger partial charge in [-0.05, 0) is 49.1 Å². The second-order valence-electron chi connectivity index (χ2n) is 7.92. The molecule has 1 fully saturated rings. The molecule has 1 aliphatic rings. The molecule has 1 aliphatic heterocycles. The van der Waals surface area contributed by atoms with Crippen molar-refractivity contribution in [3.05, 3.63) is 70.8 Å². The molecular formula is C22H24F6N2O. The van der Waals surface area contributed by atoms with Gasteiger partial charge in [-0.15, -0.1) is 0 Å². The fourth-order valence-electron chi connectivity index (χ4n) is 3.74. The predicted molar refractivity (Wildman–Crippen MR) is 104 cm³/mol. The first-order valence-corrected chi connectivity index (χ1v) is 9.88. The molecule has 0 spiro atoms. The zero-order valence-electron chi connectivity index (χ0n) is 16.9. The lowest BCUT2D eigenvalue weighted by Crippen LogP contribution is -2.55. The van der Waals surface area contributed by atoms with Gasteiger partial charge in [-0.2, -0.15) is 26.3 Å². The molecule has 1 saturated heterocycles. The Morgan fingerprint density at radius 2 is 1.61 bits per heavy atom. The summed E-state index contributed by atoms with van der Waals surface area (Å²) < 4.78 is 84.8. The SMILES string of the molecule is C[C@@H](OC[C@@]1(c2ccccc2)CC[C@H](N)CN1)c1cc(C(F)(F)F)cc(C(F)(F)F)c1. The maximum Gasteiger partial charge on any atom is 0.416 e. The average Bonchev–Trinajstić information content (AvgIpc) is 2.72. The number of hydrogen-bond acceptors (Lipinski definition) is 3. The molecule has 0 saturated carbocycles. The molecule has 0 aliphatic carbocycles. The summed E-state index contributed by atoms with van der Waals surface area (Å²) in [5, 5.41) is 3.37. The van der Waals surface area contributed by atoms with Crippen molar-refractivity contribution in [3.63, 3.8) is 0 Å². The number of rotatable bonds is 5. The monoisotopic (exact) mass is 446 g/mol. The number of benzene rings is 2. The second-order valence-corrected chi connectivity index (χ2v) is 7.92. The van der Waals surface area contributed by atoms with Crippen LogP contribution < -0.4 is 11.1 Å². The van der Waals surface area contributed by atoms with E-state index in [9.17, 15) is 26.3 Å². The Kier molecular flexibility index (Phi) is 6.69. The highest BCUT2D eigenvalue weighted by molar-refractivity contribution is 5.35. The van der Waals surface area contributed by atoms with Crippen LogP contribution in [0, 0.1) is 0 Å². The van der Waals surface area contributed by atoms with Crippen molar-refractivity contribution in [3.8, 4) is 0 Å². The molecule has 3 atom stereocenters. The third-order valence-electron chi connectivity index (χ3n) is 5.63. The molecule has 0 unspecified atom stereocenters. The summed E-state index contributed by atoms with van der Waals surface area (Å²) in [6, 6.07) is 10.9. The molecule has 3 rings (SSSR count). The number of nitrogens with two attached hydrogens (primary N) is 1. The number of nitrogens with one attached hydrogen (secondary N) is 1. The van der Waals surface area contributed by atoms with Gasteiger partial charge in [-0.25, -0.2) is 0 Å². The van der Waals surface area contributed by atoms with Crippen LogP contribution in [0.4, 0.5) is 26.3 Å². The van der Waals surface area contributed by atoms with Gasteiger partial charge in [0.05, 0.1) is 29.4 Å². The standard InChI is InChI=1S/C22H24F6N2O/c1-14(15-9-17(21(23,24)25)11-18(10-15)22(26,27)28)31-13-20(8-7-19(29)12-30-20)16-5-3-2-4-6-16/h2-6,9-11,14,19,30H,7-8,12-13,29H2,1H3/t14-,19+,20-/m1/s1. The minimum Gasteiger partial charge on any atom is -0.372 e. The van der Waals surface area contributed by atoms with Gasteiger partial charge in [-0.3, -0.25) is 0 Å². The first-order valence-electron chi connectivity index (χ1n) is 9.88. The fourth-order valence-corrected chi connectivity index (χ4v) is 3.74. The lowest BCUT2D eigenvalue weighted by molar-refractivity contribution is -0.143. The largest absolute Gasteiger partial charge is 0.416 e. The van der Waals surface area contributed by atoms with Crippen LogP contribution in [0.3, 0.4) is 0 Å². The number of hydrogen-bond donors (Lipinski definition) is 2. The Balaban J connectivity index is 1.87. The topological polar surface area (TPSA) is 47.3 Å². The van der Waals surface area contributed by atoms with Gasteiger partial charge < -0.3 is 15.8 Å². The van der Waals surface area contributed by atoms with Crippen molar-refractivity contribution in [1.82, 2.24) is 5.32 Å². The van der Waals surface area contributed by atoms with Crippen LogP contribution in [0.5, 0.6) is 0 Å². The Morgan fingerprint density at radius 1 is 1.03 bits per heavy atom. The maximum absolute atomic E-state index is 13.2. The van der Waals surface area contributed by atoms with E-state index in [0.717, 1.165) is 5.56 Å². The molecule has 0 aromatic heterocycles. The predicted octanol–water partition coefficient (Wildman–Crippen LogP) is 5.41. The quantitative estimate of drug-likeness (QED) is 0.604. The Morgan fingerprint density at radius 3 is 2.10 bits per heavy atom. The van der Waals surface area contributed by atoms with Gasteiger partial charge in [-0.1, -0.05) is 30.3 Å². The van der Waals surface area contributed by atoms with E-state index in [2.05, 4.69) is 5.32 Å². The number of piperidine rings is 1. The van der Waals surface area contributed by atoms with Crippen LogP contribution in [0.15, 0.2) is 48.5 Å². The molecule has 1 heterocycles. The van der Waals surface area contributed by atoms with Crippen molar-refractivity contribution in [1.29, 1.82) is 0 Å². The van der Waals surface area contributed by atoms with Crippen LogP contribution in [0.25, 0.3) is 0 Å². The van der Waals surface area contributed by atoms with E-state index in [4.69, 9.17) is 10.5 Å². The van der Waals surface area contributed by atoms with Gasteiger partial charge in [0.15, 0.2) is 0 Å². The zero-order valence-corrected chi connectivity index (χ0v) is 16.9. The van der Waals surface area contributed by atoms with E-state index in [-0.39, 0.29) is 24.3 Å². The van der Waals surface area contributed by atoms with E-state index in [1.165, 1.54) is 6.92 Å². The molecule has 3 N–H and O–H groups in total. The van der Waals surface area contributed by atoms with Crippen molar-refractivity contribution < 1.29 is 31.1 Å². The Labute approximate surface area is 176 Å². The van der Waals surface area contributed by atoms with Gasteiger partial charge in [0.2, 0.25) is 0 Å². The molecule has 3 nitrogen and oxygen atoms in total. The third-order valence-corrected chi connectivity index (χ3v) is 5.63. The summed E-state index contributed by atoms with van der Waals surface area (Å²) in [6.45, 7) is 2.04. The van der Waals surface area contributed by atoms with Crippen LogP contribution in [-0.4, -0.2) is 19.2 Å². The summed E-state index contributed by atoms with van der Waals surface area (Å²) in [5.41, 5.74) is 3.39. The number of ether oxygens (including phenoxy) is 1. The van der Waals surface area contributed by atoms with Crippen LogP contribution >= 0.6 is 0 Å². The van der Waals surface area contributed by atoms with E-state index in [1.54, 1.807) is 0 Å². The molecule has 31 heavy (non-hydrogen) atoms. The molecule has 0 radical (unpaired) electrons. The zero-order chi connectivity index (χ0) is 22.9. The van der Waals surface area contributed by atoms with Crippen molar-refractivity contribution in [2.45, 2.75) is 49.8 Å². The molecule has 170 valence electrons. The van der Waals surface area contributed by atoms with Crippen molar-refractivity contribution >= 4 is 0 Å². The summed E-state index contributed by atoms with van der Waals surface area (Å²) in [7, 11) is 0. The van der Waals surface area contributed by atoms with E-state index in [1.807, 2.05) is 30.3 Å². The minimum atomic E-state index is -4.90. The van der Waals surface area contributed by atoms with Gasteiger partial charge in [0.25, 0.3) is 0 Å². The molecular weight excluding hydrogens is 422 g/mol. The summed E-state index contributed by atoms with van der Waals surface area (Å²) in [4.78, 5) is 0. The summed E-state index contributed by atoms with van der Waals surface area (Å²) >= 11 is 0. The lowest BCUT2D eigenvalue weighted by Gasteiger charge is -2.41. The van der Waals surface area contributed by atoms with Gasteiger partial charge >= 0.3 is 12.4 Å². The van der Waals surface area contributed by atoms with Crippen LogP contribution in [-0.2, 0) is 22.6 Å². The van der Waals surface area contributed by atoms with E-state index < -0.39 is 35.1 Å². The molecule has 2 aromatic rings. The van der Waals surface area contributed by atoms with E-state index >= 15 is 0 Å². The average molecular weight is 446 g/mol. The molecule has 2 aromatic carbocycles. The number of alkyl halides is 6. The first-order chi connectivity index (χ1) is 14.4. The molecule has 9 heteroatoms. The highest BCUT2D eigenvalue weighted by atomic mass is 19.4. The van der Waals surface area contributed by atoms with E-state index in [0.29, 0.717) is 31.5 Å². The Hall–Kier alpha value is -2.10. The van der Waals surface area contributed by atoms with Crippen molar-refractivity contribution in [2.75, 3.05) is 13.2 Å². The Bertz CT molecular complexity index is 842. The second kappa shape index (κ2) is 8.80. The fraction of sp³-hybridized carbons (Fsp3) is 0.455. The van der Waals surface area contributed by atoms with Gasteiger partial charge in [0, 0.05) is 12.6 Å². The molecule has 0 bridgehead atoms.